The Morgan fingerprint density at radius 2 is 0.869 bits per heavy atom. The first kappa shape index (κ1) is 60.5. The Morgan fingerprint density at radius 1 is 0.464 bits per heavy atom. The molecule has 0 radical (unpaired) electrons. The van der Waals surface area contributed by atoms with Gasteiger partial charge in [0.1, 0.15) is 28.9 Å². The van der Waals surface area contributed by atoms with Crippen LogP contribution < -0.4 is 14.0 Å². The molecule has 0 saturated heterocycles. The predicted octanol–water partition coefficient (Wildman–Crippen LogP) is 19.7. The van der Waals surface area contributed by atoms with E-state index in [1.165, 1.54) is 7.11 Å². The largest absolute Gasteiger partial charge is 0.743 e. The molecule has 0 aliphatic carbocycles. The van der Waals surface area contributed by atoms with Gasteiger partial charge in [-0.05, 0) is 103 Å². The van der Waals surface area contributed by atoms with Gasteiger partial charge in [-0.15, -0.1) is 0 Å². The molecule has 5 nitrogen and oxygen atoms in total. The lowest BCUT2D eigenvalue weighted by atomic mass is 9.84. The van der Waals surface area contributed by atoms with Crippen molar-refractivity contribution in [3.05, 3.63) is 243 Å². The molecule has 14 heteroatoms. The second kappa shape index (κ2) is 22.5. The fourth-order valence-corrected chi connectivity index (χ4v) is 10.2. The lowest BCUT2D eigenvalue weighted by Crippen LogP contribution is -2.40. The maximum atomic E-state index is 15.9. The second-order valence-corrected chi connectivity index (χ2v) is 25.3. The van der Waals surface area contributed by atoms with Crippen molar-refractivity contribution in [2.75, 3.05) is 7.11 Å². The molecule has 9 rings (SSSR count). The van der Waals surface area contributed by atoms with Crippen LogP contribution in [-0.4, -0.2) is 24.6 Å². The van der Waals surface area contributed by atoms with Crippen LogP contribution in [0.3, 0.4) is 0 Å². The van der Waals surface area contributed by atoms with Crippen LogP contribution in [0.5, 0.6) is 17.2 Å². The average Bonchev–Trinajstić information content (AvgIpc) is 3.04. The molecule has 434 valence electrons. The highest BCUT2D eigenvalue weighted by atomic mass is 19.4. The highest BCUT2D eigenvalue weighted by Crippen LogP contribution is 2.49. The number of para-hydroxylation sites is 1. The van der Waals surface area contributed by atoms with E-state index in [4.69, 9.17) is 19.0 Å². The zero-order chi connectivity index (χ0) is 61.1. The number of aliphatic imine (C=N–C) groups is 1. The summed E-state index contributed by atoms with van der Waals surface area (Å²) in [6.45, 7) is 25.2. The topological polar surface area (TPSA) is 45.0 Å². The molecule has 2 heterocycles. The minimum absolute atomic E-state index is 0.162. The van der Waals surface area contributed by atoms with E-state index in [2.05, 4.69) is 107 Å². The third-order valence-corrected chi connectivity index (χ3v) is 15.0. The molecular formula is C70H67BF8N2O3. The number of alkyl halides is 6. The van der Waals surface area contributed by atoms with Crippen LogP contribution in [0, 0.1) is 11.6 Å². The van der Waals surface area contributed by atoms with E-state index in [-0.39, 0.29) is 21.7 Å². The van der Waals surface area contributed by atoms with Crippen molar-refractivity contribution >= 4 is 24.1 Å². The van der Waals surface area contributed by atoms with E-state index in [1.807, 2.05) is 103 Å². The average molecular weight is 1150 g/mol. The fourth-order valence-electron chi connectivity index (χ4n) is 10.2. The number of ether oxygens (including phenoxy) is 1. The van der Waals surface area contributed by atoms with E-state index in [1.54, 1.807) is 10.5 Å². The number of allylic oxidation sites excluding steroid dienone is 2. The Labute approximate surface area is 487 Å². The standard InChI is InChI=1S/C70H67BF8N2O3/c1-65(2,3)46-26-18-42(19-27-46)53-40-59(44-22-30-48(31-23-44)67(7,8)9)80-63(53)62(52-16-14-15-17-61(52)82-13)64-54(43-20-28-47(29-21-43)66(4,5)6)41-60(45-24-32-49(33-25-45)68(10,11)12)81(64)71(83-50-34-36-55(57(72)38-50)69(74,75)76)84-51-35-37-56(58(73)39-51)70(77,78)79/h14-41H,1-13H3/b63-62-. The number of benzene rings is 7. The van der Waals surface area contributed by atoms with Crippen LogP contribution in [-0.2, 0) is 34.0 Å². The molecule has 0 spiro atoms. The van der Waals surface area contributed by atoms with Crippen molar-refractivity contribution in [3.63, 3.8) is 0 Å². The molecule has 0 fully saturated rings. The number of nitrogens with zero attached hydrogens (tertiary/aromatic N) is 2. The van der Waals surface area contributed by atoms with E-state index >= 15 is 8.78 Å². The molecule has 0 bridgehead atoms. The third-order valence-electron chi connectivity index (χ3n) is 15.0. The molecule has 7 aromatic carbocycles. The number of hydrogen-bond acceptors (Lipinski definition) is 4. The van der Waals surface area contributed by atoms with E-state index < -0.39 is 53.9 Å². The Hall–Kier alpha value is -8.13. The van der Waals surface area contributed by atoms with Gasteiger partial charge in [0.2, 0.25) is 0 Å². The van der Waals surface area contributed by atoms with Crippen molar-refractivity contribution in [1.29, 1.82) is 0 Å². The zero-order valence-corrected chi connectivity index (χ0v) is 49.4. The van der Waals surface area contributed by atoms with Gasteiger partial charge in [-0.1, -0.05) is 198 Å². The SMILES string of the molecule is COc1ccccc1/C(=C1/N=C(c2ccc(C(C)(C)C)cc2)C=C1c1ccc(C(C)(C)C)cc1)c1c(-c2ccc(C(C)(C)C)cc2)cc(-c2ccc(C(C)(C)C)cc2)n1B(Oc1ccc(C(F)(F)F)c(F)c1)Oc1ccc(C(F)(F)F)c(F)c1. The van der Waals surface area contributed by atoms with Gasteiger partial charge in [0.25, 0.3) is 0 Å². The van der Waals surface area contributed by atoms with Crippen LogP contribution in [0.1, 0.15) is 139 Å². The predicted molar refractivity (Wildman–Crippen MR) is 322 cm³/mol. The van der Waals surface area contributed by atoms with Gasteiger partial charge in [0.05, 0.1) is 35.3 Å². The van der Waals surface area contributed by atoms with Crippen LogP contribution in [0.4, 0.5) is 35.1 Å². The molecule has 1 aliphatic rings. The molecule has 0 amide bonds. The minimum Gasteiger partial charge on any atom is -0.506 e. The molecule has 8 aromatic rings. The summed E-state index contributed by atoms with van der Waals surface area (Å²) in [5.74, 6) is -3.87. The van der Waals surface area contributed by atoms with Crippen LogP contribution in [0.25, 0.3) is 33.5 Å². The smallest absolute Gasteiger partial charge is 0.506 e. The Kier molecular flexibility index (Phi) is 16.2. The molecule has 1 aromatic heterocycles. The second-order valence-electron chi connectivity index (χ2n) is 25.3. The molecule has 1 aliphatic heterocycles. The number of methoxy groups -OCH3 is 1. The summed E-state index contributed by atoms with van der Waals surface area (Å²) in [5, 5.41) is 0. The summed E-state index contributed by atoms with van der Waals surface area (Å²) >= 11 is 0. The molecule has 0 N–H and O–H groups in total. The first-order valence-corrected chi connectivity index (χ1v) is 27.7. The third kappa shape index (κ3) is 12.8. The summed E-state index contributed by atoms with van der Waals surface area (Å²) in [5.41, 5.74) is 6.71. The van der Waals surface area contributed by atoms with Gasteiger partial charge in [0, 0.05) is 45.7 Å². The van der Waals surface area contributed by atoms with Crippen LogP contribution in [0.2, 0.25) is 0 Å². The number of rotatable bonds is 12. The number of halogens is 8. The van der Waals surface area contributed by atoms with Gasteiger partial charge < -0.3 is 18.5 Å². The summed E-state index contributed by atoms with van der Waals surface area (Å²) in [6, 6.07) is 45.3. The van der Waals surface area contributed by atoms with Crippen molar-refractivity contribution in [2.45, 2.75) is 117 Å². The van der Waals surface area contributed by atoms with E-state index in [0.29, 0.717) is 86.2 Å². The lowest BCUT2D eigenvalue weighted by molar-refractivity contribution is -0.140. The summed E-state index contributed by atoms with van der Waals surface area (Å²) in [4.78, 5) is 5.61. The molecule has 0 saturated carbocycles. The molecular weight excluding hydrogens is 1080 g/mol. The van der Waals surface area contributed by atoms with Gasteiger partial charge in [-0.2, -0.15) is 26.3 Å². The minimum atomic E-state index is -5.09. The highest BCUT2D eigenvalue weighted by molar-refractivity contribution is 6.46. The van der Waals surface area contributed by atoms with Crippen LogP contribution >= 0.6 is 0 Å². The fraction of sp³-hybridized carbons (Fsp3) is 0.271. The van der Waals surface area contributed by atoms with Gasteiger partial charge >= 0.3 is 19.6 Å². The first-order chi connectivity index (χ1) is 39.2. The molecule has 84 heavy (non-hydrogen) atoms. The lowest BCUT2D eigenvalue weighted by Gasteiger charge is -2.26. The Balaban J connectivity index is 1.49. The monoisotopic (exact) mass is 1150 g/mol. The van der Waals surface area contributed by atoms with Gasteiger partial charge in [-0.25, -0.2) is 13.8 Å². The van der Waals surface area contributed by atoms with Crippen molar-refractivity contribution in [1.82, 2.24) is 4.48 Å². The van der Waals surface area contributed by atoms with Crippen molar-refractivity contribution in [3.8, 4) is 39.6 Å². The Bertz CT molecular complexity index is 3760. The number of hydrogen-bond donors (Lipinski definition) is 0. The van der Waals surface area contributed by atoms with E-state index in [0.717, 1.165) is 45.5 Å². The zero-order valence-electron chi connectivity index (χ0n) is 49.4. The quantitative estimate of drug-likeness (QED) is 0.0905. The Morgan fingerprint density at radius 3 is 1.27 bits per heavy atom. The van der Waals surface area contributed by atoms with Crippen molar-refractivity contribution in [2.24, 2.45) is 4.99 Å². The molecule has 0 atom stereocenters. The molecule has 0 unspecified atom stereocenters. The van der Waals surface area contributed by atoms with Crippen LogP contribution in [0.15, 0.2) is 181 Å². The summed E-state index contributed by atoms with van der Waals surface area (Å²) < 4.78 is 138. The maximum Gasteiger partial charge on any atom is 0.743 e. The number of aromatic nitrogens is 1. The maximum absolute atomic E-state index is 15.9. The van der Waals surface area contributed by atoms with Crippen molar-refractivity contribution < 1.29 is 49.2 Å². The summed E-state index contributed by atoms with van der Waals surface area (Å²) in [7, 11) is -0.449. The normalized spacial score (nSPS) is 14.1. The highest BCUT2D eigenvalue weighted by Gasteiger charge is 2.41. The first-order valence-electron chi connectivity index (χ1n) is 27.7. The summed E-state index contributed by atoms with van der Waals surface area (Å²) in [6.07, 6.45) is -8.16. The van der Waals surface area contributed by atoms with E-state index in [9.17, 15) is 26.3 Å². The van der Waals surface area contributed by atoms with Gasteiger partial charge in [-0.3, -0.25) is 0 Å². The van der Waals surface area contributed by atoms with Gasteiger partial charge in [0.15, 0.2) is 0 Å².